The van der Waals surface area contributed by atoms with Crippen LogP contribution < -0.4 is 10.9 Å². The molecule has 0 unspecified atom stereocenters. The van der Waals surface area contributed by atoms with Gasteiger partial charge in [0.25, 0.3) is 5.56 Å². The second kappa shape index (κ2) is 10.2. The van der Waals surface area contributed by atoms with Crippen molar-refractivity contribution >= 4 is 39.6 Å². The summed E-state index contributed by atoms with van der Waals surface area (Å²) in [6, 6.07) is 32.3. The minimum Gasteiger partial charge on any atom is -0.337 e. The van der Waals surface area contributed by atoms with E-state index < -0.39 is 0 Å². The van der Waals surface area contributed by atoms with Crippen LogP contribution in [0.3, 0.4) is 0 Å². The summed E-state index contributed by atoms with van der Waals surface area (Å²) in [4.78, 5) is 31.2. The van der Waals surface area contributed by atoms with Crippen molar-refractivity contribution in [2.75, 3.05) is 5.32 Å². The molecule has 7 nitrogen and oxygen atoms in total. The zero-order chi connectivity index (χ0) is 26.8. The van der Waals surface area contributed by atoms with Gasteiger partial charge in [0.2, 0.25) is 5.91 Å². The fourth-order valence-corrected chi connectivity index (χ4v) is 4.69. The van der Waals surface area contributed by atoms with Crippen LogP contribution in [0.15, 0.2) is 119 Å². The van der Waals surface area contributed by atoms with Gasteiger partial charge in [-0.2, -0.15) is 9.78 Å². The van der Waals surface area contributed by atoms with Crippen molar-refractivity contribution in [3.63, 3.8) is 0 Å². The number of anilines is 1. The number of amides is 1. The highest BCUT2D eigenvalue weighted by Gasteiger charge is 2.14. The summed E-state index contributed by atoms with van der Waals surface area (Å²) < 4.78 is 3.23. The first-order chi connectivity index (χ1) is 19.1. The lowest BCUT2D eigenvalue weighted by molar-refractivity contribution is -0.116. The number of hydrogen-bond acceptors (Lipinski definition) is 4. The summed E-state index contributed by atoms with van der Waals surface area (Å²) in [5, 5.41) is 9.04. The van der Waals surface area contributed by atoms with E-state index in [1.807, 2.05) is 115 Å². The summed E-state index contributed by atoms with van der Waals surface area (Å²) in [5.74, 6) is 0.326. The number of rotatable bonds is 6. The summed E-state index contributed by atoms with van der Waals surface area (Å²) in [6.45, 7) is 2.10. The standard InChI is InChI=1S/C32H25N5O2/c1-22-11-5-8-16-27(22)34-30(38)21-36-20-24(25-14-7-10-18-29(25)36)19-33-37-31(23-12-3-2-4-13-23)35-28-17-9-6-15-26(28)32(37)39/h2-20H,21H2,1H3,(H,34,38). The third-order valence-electron chi connectivity index (χ3n) is 6.65. The first kappa shape index (κ1) is 24.1. The van der Waals surface area contributed by atoms with Crippen LogP contribution >= 0.6 is 0 Å². The third-order valence-corrected chi connectivity index (χ3v) is 6.65. The molecule has 2 heterocycles. The number of aryl methyl sites for hydroxylation is 1. The van der Waals surface area contributed by atoms with Crippen LogP contribution in [-0.4, -0.2) is 26.3 Å². The molecule has 0 aliphatic rings. The van der Waals surface area contributed by atoms with Crippen molar-refractivity contribution in [1.82, 2.24) is 14.2 Å². The molecule has 7 heteroatoms. The molecule has 0 saturated heterocycles. The van der Waals surface area contributed by atoms with Crippen LogP contribution in [-0.2, 0) is 11.3 Å². The first-order valence-electron chi connectivity index (χ1n) is 12.6. The molecule has 6 aromatic rings. The van der Waals surface area contributed by atoms with E-state index in [4.69, 9.17) is 4.98 Å². The molecule has 1 amide bonds. The Kier molecular flexibility index (Phi) is 6.31. The predicted octanol–water partition coefficient (Wildman–Crippen LogP) is 5.85. The van der Waals surface area contributed by atoms with E-state index in [9.17, 15) is 9.59 Å². The number of aromatic nitrogens is 3. The van der Waals surface area contributed by atoms with Gasteiger partial charge in [-0.3, -0.25) is 9.59 Å². The van der Waals surface area contributed by atoms with E-state index in [-0.39, 0.29) is 18.0 Å². The summed E-state index contributed by atoms with van der Waals surface area (Å²) >= 11 is 0. The van der Waals surface area contributed by atoms with Gasteiger partial charge >= 0.3 is 0 Å². The molecular formula is C32H25N5O2. The minimum absolute atomic E-state index is 0.130. The van der Waals surface area contributed by atoms with Crippen molar-refractivity contribution in [3.05, 3.63) is 131 Å². The summed E-state index contributed by atoms with van der Waals surface area (Å²) in [7, 11) is 0. The number of nitrogens with zero attached hydrogens (tertiary/aromatic N) is 4. The quantitative estimate of drug-likeness (QED) is 0.285. The van der Waals surface area contributed by atoms with E-state index >= 15 is 0 Å². The largest absolute Gasteiger partial charge is 0.337 e. The Bertz CT molecular complexity index is 1920. The van der Waals surface area contributed by atoms with E-state index in [2.05, 4.69) is 10.4 Å². The second-order valence-corrected chi connectivity index (χ2v) is 9.27. The van der Waals surface area contributed by atoms with E-state index in [1.165, 1.54) is 4.68 Å². The molecule has 0 radical (unpaired) electrons. The molecule has 0 aliphatic carbocycles. The van der Waals surface area contributed by atoms with Crippen LogP contribution in [0.4, 0.5) is 5.69 Å². The average molecular weight is 512 g/mol. The molecule has 0 atom stereocenters. The smallest absolute Gasteiger partial charge is 0.282 e. The fourth-order valence-electron chi connectivity index (χ4n) is 4.69. The molecule has 0 saturated carbocycles. The number of carbonyl (C=O) groups is 1. The van der Waals surface area contributed by atoms with E-state index in [0.29, 0.717) is 16.7 Å². The highest BCUT2D eigenvalue weighted by atomic mass is 16.2. The Labute approximate surface area is 224 Å². The predicted molar refractivity (Wildman–Crippen MR) is 156 cm³/mol. The van der Waals surface area contributed by atoms with Gasteiger partial charge in [-0.05, 0) is 36.8 Å². The molecule has 190 valence electrons. The highest BCUT2D eigenvalue weighted by Crippen LogP contribution is 2.22. The second-order valence-electron chi connectivity index (χ2n) is 9.27. The zero-order valence-corrected chi connectivity index (χ0v) is 21.3. The van der Waals surface area contributed by atoms with Crippen LogP contribution in [0.25, 0.3) is 33.2 Å². The zero-order valence-electron chi connectivity index (χ0n) is 21.3. The van der Waals surface area contributed by atoms with E-state index in [1.54, 1.807) is 12.3 Å². The molecule has 39 heavy (non-hydrogen) atoms. The Hall–Kier alpha value is -5.30. The van der Waals surface area contributed by atoms with Crippen molar-refractivity contribution < 1.29 is 4.79 Å². The normalized spacial score (nSPS) is 11.4. The number of hydrogen-bond donors (Lipinski definition) is 1. The van der Waals surface area contributed by atoms with Gasteiger partial charge in [0.1, 0.15) is 6.54 Å². The van der Waals surface area contributed by atoms with Crippen molar-refractivity contribution in [1.29, 1.82) is 0 Å². The maximum atomic E-state index is 13.5. The number of benzene rings is 4. The summed E-state index contributed by atoms with van der Waals surface area (Å²) in [5.41, 5.74) is 4.62. The van der Waals surface area contributed by atoms with Crippen LogP contribution in [0.2, 0.25) is 0 Å². The van der Waals surface area contributed by atoms with Crippen LogP contribution in [0.1, 0.15) is 11.1 Å². The van der Waals surface area contributed by atoms with Crippen LogP contribution in [0, 0.1) is 6.92 Å². The monoisotopic (exact) mass is 511 g/mol. The average Bonchev–Trinajstić information content (AvgIpc) is 3.31. The van der Waals surface area contributed by atoms with Crippen molar-refractivity contribution in [2.24, 2.45) is 5.10 Å². The fraction of sp³-hybridized carbons (Fsp3) is 0.0625. The van der Waals surface area contributed by atoms with Crippen molar-refractivity contribution in [3.8, 4) is 11.4 Å². The molecule has 1 N–H and O–H groups in total. The molecule has 0 fully saturated rings. The van der Waals surface area contributed by atoms with E-state index in [0.717, 1.165) is 33.3 Å². The Morgan fingerprint density at radius 1 is 0.872 bits per heavy atom. The van der Waals surface area contributed by atoms with Gasteiger partial charge < -0.3 is 9.88 Å². The number of para-hydroxylation sites is 3. The highest BCUT2D eigenvalue weighted by molar-refractivity contribution is 6.00. The van der Waals surface area contributed by atoms with Gasteiger partial charge in [-0.15, -0.1) is 0 Å². The molecule has 0 bridgehead atoms. The number of carbonyl (C=O) groups excluding carboxylic acids is 1. The van der Waals surface area contributed by atoms with Crippen molar-refractivity contribution in [2.45, 2.75) is 13.5 Å². The van der Waals surface area contributed by atoms with Gasteiger partial charge in [-0.25, -0.2) is 4.98 Å². The SMILES string of the molecule is Cc1ccccc1NC(=O)Cn1cc(C=Nn2c(-c3ccccc3)nc3ccccc3c2=O)c2ccccc21. The lowest BCUT2D eigenvalue weighted by atomic mass is 10.2. The third kappa shape index (κ3) is 4.73. The first-order valence-corrected chi connectivity index (χ1v) is 12.6. The Morgan fingerprint density at radius 2 is 1.56 bits per heavy atom. The lowest BCUT2D eigenvalue weighted by Crippen LogP contribution is -2.20. The topological polar surface area (TPSA) is 81.3 Å². The Balaban J connectivity index is 1.40. The van der Waals surface area contributed by atoms with Gasteiger partial charge in [-0.1, -0.05) is 78.9 Å². The van der Waals surface area contributed by atoms with Gasteiger partial charge in [0.05, 0.1) is 17.1 Å². The van der Waals surface area contributed by atoms with Crippen LogP contribution in [0.5, 0.6) is 0 Å². The summed E-state index contributed by atoms with van der Waals surface area (Å²) in [6.07, 6.45) is 3.54. The molecule has 0 aliphatic heterocycles. The molecule has 0 spiro atoms. The maximum Gasteiger partial charge on any atom is 0.282 e. The molecular weight excluding hydrogens is 486 g/mol. The lowest BCUT2D eigenvalue weighted by Gasteiger charge is -2.09. The van der Waals surface area contributed by atoms with Gasteiger partial charge in [0.15, 0.2) is 5.82 Å². The number of fused-ring (bicyclic) bond motifs is 2. The molecule has 2 aromatic heterocycles. The molecule has 6 rings (SSSR count). The van der Waals surface area contributed by atoms with Gasteiger partial charge in [0, 0.05) is 33.9 Å². The number of nitrogens with one attached hydrogen (secondary N) is 1. The Morgan fingerprint density at radius 3 is 2.38 bits per heavy atom. The maximum absolute atomic E-state index is 13.5. The molecule has 4 aromatic carbocycles. The minimum atomic E-state index is -0.253.